The fourth-order valence-electron chi connectivity index (χ4n) is 2.74. The minimum absolute atomic E-state index is 0.0606. The number of hydrogen-bond acceptors (Lipinski definition) is 6. The van der Waals surface area contributed by atoms with E-state index in [-0.39, 0.29) is 24.4 Å². The molecular weight excluding hydrogens is 298 g/mol. The number of esters is 1. The van der Waals surface area contributed by atoms with Crippen LogP contribution in [-0.2, 0) is 19.2 Å². The van der Waals surface area contributed by atoms with Gasteiger partial charge in [0.15, 0.2) is 5.78 Å². The second-order valence-corrected chi connectivity index (χ2v) is 6.18. The van der Waals surface area contributed by atoms with Crippen molar-refractivity contribution < 1.29 is 24.3 Å². The molecule has 0 aliphatic heterocycles. The van der Waals surface area contributed by atoms with Gasteiger partial charge in [0.05, 0.1) is 18.4 Å². The molecule has 6 heteroatoms. The second-order valence-electron chi connectivity index (χ2n) is 6.18. The van der Waals surface area contributed by atoms with Gasteiger partial charge in [0, 0.05) is 6.42 Å². The molecule has 1 atom stereocenters. The summed E-state index contributed by atoms with van der Waals surface area (Å²) in [5.74, 6) is -2.11. The molecular formula is C17H25NO5. The normalized spacial score (nSPS) is 21.1. The topological polar surface area (TPSA) is 85.2 Å². The number of aliphatic hydroxyl groups excluding tert-OH is 1. The predicted octanol–water partition coefficient (Wildman–Crippen LogP) is 2.95. The van der Waals surface area contributed by atoms with E-state index in [4.69, 9.17) is 9.57 Å². The summed E-state index contributed by atoms with van der Waals surface area (Å²) >= 11 is 0. The molecule has 1 N–H and O–H groups in total. The quantitative estimate of drug-likeness (QED) is 0.194. The first-order valence-corrected chi connectivity index (χ1v) is 7.64. The SMILES string of the molecule is C=CCON=C(CCC)C1=C(O)CC(C)(C)C(C(=O)OC)C1=O. The van der Waals surface area contributed by atoms with Crippen molar-refractivity contribution in [1.82, 2.24) is 0 Å². The Morgan fingerprint density at radius 3 is 2.70 bits per heavy atom. The molecule has 0 fully saturated rings. The maximum Gasteiger partial charge on any atom is 0.317 e. The first kappa shape index (κ1) is 18.9. The van der Waals surface area contributed by atoms with Gasteiger partial charge >= 0.3 is 5.97 Å². The zero-order valence-corrected chi connectivity index (χ0v) is 14.2. The number of hydrogen-bond donors (Lipinski definition) is 1. The number of Topliss-reactive ketones (excluding diaryl/α,β-unsaturated/α-hetero) is 1. The van der Waals surface area contributed by atoms with E-state index < -0.39 is 23.1 Å². The lowest BCUT2D eigenvalue weighted by Gasteiger charge is -2.36. The summed E-state index contributed by atoms with van der Waals surface area (Å²) in [5.41, 5.74) is -0.302. The van der Waals surface area contributed by atoms with Gasteiger partial charge in [0.1, 0.15) is 18.3 Å². The van der Waals surface area contributed by atoms with Gasteiger partial charge in [-0.25, -0.2) is 0 Å². The Kier molecular flexibility index (Phi) is 6.54. The Hall–Kier alpha value is -2.11. The van der Waals surface area contributed by atoms with E-state index in [1.165, 1.54) is 13.2 Å². The maximum absolute atomic E-state index is 12.8. The molecule has 0 saturated carbocycles. The molecule has 1 unspecified atom stereocenters. The first-order valence-electron chi connectivity index (χ1n) is 7.64. The zero-order valence-electron chi connectivity index (χ0n) is 14.2. The second kappa shape index (κ2) is 7.94. The summed E-state index contributed by atoms with van der Waals surface area (Å²) in [6, 6.07) is 0. The smallest absolute Gasteiger partial charge is 0.317 e. The van der Waals surface area contributed by atoms with Crippen LogP contribution in [0.25, 0.3) is 0 Å². The van der Waals surface area contributed by atoms with Crippen LogP contribution in [0.2, 0.25) is 0 Å². The van der Waals surface area contributed by atoms with Crippen LogP contribution in [0.4, 0.5) is 0 Å². The van der Waals surface area contributed by atoms with Crippen LogP contribution in [0.1, 0.15) is 40.0 Å². The van der Waals surface area contributed by atoms with Gasteiger partial charge in [-0.3, -0.25) is 9.59 Å². The average Bonchev–Trinajstić information content (AvgIpc) is 2.45. The fourth-order valence-corrected chi connectivity index (χ4v) is 2.74. The number of aliphatic hydroxyl groups is 1. The summed E-state index contributed by atoms with van der Waals surface area (Å²) in [5, 5.41) is 14.3. The van der Waals surface area contributed by atoms with Gasteiger partial charge in [-0.15, -0.1) is 0 Å². The number of allylic oxidation sites excluding steroid dienone is 2. The van der Waals surface area contributed by atoms with E-state index in [0.29, 0.717) is 18.6 Å². The Bertz CT molecular complexity index is 545. The van der Waals surface area contributed by atoms with Crippen molar-refractivity contribution in [2.45, 2.75) is 40.0 Å². The van der Waals surface area contributed by atoms with E-state index >= 15 is 0 Å². The summed E-state index contributed by atoms with van der Waals surface area (Å²) in [7, 11) is 1.25. The molecule has 0 radical (unpaired) electrons. The molecule has 0 bridgehead atoms. The molecule has 1 aliphatic rings. The lowest BCUT2D eigenvalue weighted by molar-refractivity contribution is -0.154. The minimum Gasteiger partial charge on any atom is -0.511 e. The van der Waals surface area contributed by atoms with E-state index in [9.17, 15) is 14.7 Å². The molecule has 6 nitrogen and oxygen atoms in total. The molecule has 0 aromatic heterocycles. The summed E-state index contributed by atoms with van der Waals surface area (Å²) < 4.78 is 4.77. The van der Waals surface area contributed by atoms with Crippen molar-refractivity contribution in [1.29, 1.82) is 0 Å². The molecule has 0 aromatic carbocycles. The highest BCUT2D eigenvalue weighted by Crippen LogP contribution is 2.42. The van der Waals surface area contributed by atoms with Gasteiger partial charge in [-0.05, 0) is 11.8 Å². The van der Waals surface area contributed by atoms with Gasteiger partial charge in [-0.2, -0.15) is 0 Å². The molecule has 23 heavy (non-hydrogen) atoms. The van der Waals surface area contributed by atoms with E-state index in [2.05, 4.69) is 11.7 Å². The Labute approximate surface area is 136 Å². The average molecular weight is 323 g/mol. The van der Waals surface area contributed by atoms with E-state index in [1.54, 1.807) is 13.8 Å². The molecule has 0 saturated heterocycles. The van der Waals surface area contributed by atoms with E-state index in [1.807, 2.05) is 6.92 Å². The molecule has 0 spiro atoms. The maximum atomic E-state index is 12.8. The number of ketones is 1. The van der Waals surface area contributed by atoms with Crippen molar-refractivity contribution in [2.75, 3.05) is 13.7 Å². The molecule has 0 aromatic rings. The first-order chi connectivity index (χ1) is 10.8. The Morgan fingerprint density at radius 1 is 1.52 bits per heavy atom. The number of carbonyl (C=O) groups excluding carboxylic acids is 2. The third-order valence-electron chi connectivity index (χ3n) is 3.78. The van der Waals surface area contributed by atoms with Crippen LogP contribution in [0, 0.1) is 11.3 Å². The summed E-state index contributed by atoms with van der Waals surface area (Å²) in [4.78, 5) is 30.0. The summed E-state index contributed by atoms with van der Waals surface area (Å²) in [6.07, 6.45) is 2.89. The number of oxime groups is 1. The zero-order chi connectivity index (χ0) is 17.6. The highest BCUT2D eigenvalue weighted by Gasteiger charge is 2.48. The number of ether oxygens (including phenoxy) is 1. The van der Waals surface area contributed by atoms with Gasteiger partial charge in [0.2, 0.25) is 0 Å². The monoisotopic (exact) mass is 323 g/mol. The molecule has 128 valence electrons. The lowest BCUT2D eigenvalue weighted by Crippen LogP contribution is -2.44. The summed E-state index contributed by atoms with van der Waals surface area (Å²) in [6.45, 7) is 9.16. The third-order valence-corrected chi connectivity index (χ3v) is 3.78. The Balaban J connectivity index is 3.30. The minimum atomic E-state index is -0.972. The standard InChI is InChI=1S/C17H25NO5/c1-6-8-11(18-23-9-7-2)13-12(19)10-17(3,4)14(15(13)20)16(21)22-5/h7,14,19H,2,6,8-10H2,1,3-5H3. The highest BCUT2D eigenvalue weighted by molar-refractivity contribution is 6.27. The molecule has 0 heterocycles. The van der Waals surface area contributed by atoms with Crippen molar-refractivity contribution >= 4 is 17.5 Å². The van der Waals surface area contributed by atoms with Crippen LogP contribution < -0.4 is 0 Å². The van der Waals surface area contributed by atoms with Crippen molar-refractivity contribution in [3.8, 4) is 0 Å². The third kappa shape index (κ3) is 4.21. The van der Waals surface area contributed by atoms with Crippen molar-refractivity contribution in [3.63, 3.8) is 0 Å². The molecule has 0 amide bonds. The van der Waals surface area contributed by atoms with Gasteiger partial charge < -0.3 is 14.7 Å². The van der Waals surface area contributed by atoms with Gasteiger partial charge in [0.25, 0.3) is 0 Å². The van der Waals surface area contributed by atoms with E-state index in [0.717, 1.165) is 0 Å². The van der Waals surface area contributed by atoms with Crippen LogP contribution in [-0.4, -0.2) is 36.3 Å². The van der Waals surface area contributed by atoms with Crippen molar-refractivity contribution in [3.05, 3.63) is 24.0 Å². The highest BCUT2D eigenvalue weighted by atomic mass is 16.6. The Morgan fingerprint density at radius 2 is 2.17 bits per heavy atom. The molecule has 1 aliphatic carbocycles. The largest absolute Gasteiger partial charge is 0.511 e. The number of methoxy groups -OCH3 is 1. The molecule has 1 rings (SSSR count). The number of carbonyl (C=O) groups is 2. The lowest BCUT2D eigenvalue weighted by atomic mass is 9.67. The van der Waals surface area contributed by atoms with Crippen LogP contribution in [0.5, 0.6) is 0 Å². The van der Waals surface area contributed by atoms with Crippen molar-refractivity contribution in [2.24, 2.45) is 16.5 Å². The van der Waals surface area contributed by atoms with Gasteiger partial charge in [-0.1, -0.05) is 45.0 Å². The predicted molar refractivity (Wildman–Crippen MR) is 87.1 cm³/mol. The van der Waals surface area contributed by atoms with Crippen LogP contribution in [0.3, 0.4) is 0 Å². The number of nitrogens with zero attached hydrogens (tertiary/aromatic N) is 1. The van der Waals surface area contributed by atoms with Crippen LogP contribution in [0.15, 0.2) is 29.1 Å². The fraction of sp³-hybridized carbons (Fsp3) is 0.588. The number of rotatable bonds is 7. The van der Waals surface area contributed by atoms with Crippen LogP contribution >= 0.6 is 0 Å².